The number of hydrogen-bond acceptors (Lipinski definition) is 2. The third-order valence-corrected chi connectivity index (χ3v) is 4.48. The average molecular weight is 327 g/mol. The van der Waals surface area contributed by atoms with E-state index in [0.717, 1.165) is 16.2 Å². The number of halogens is 2. The van der Waals surface area contributed by atoms with Crippen LogP contribution in [-0.4, -0.2) is 7.11 Å². The van der Waals surface area contributed by atoms with E-state index in [2.05, 4.69) is 15.9 Å². The van der Waals surface area contributed by atoms with E-state index in [0.29, 0.717) is 10.2 Å². The first kappa shape index (κ1) is 13.4. The molecule has 1 nitrogen and oxygen atoms in total. The minimum atomic E-state index is -0.229. The summed E-state index contributed by atoms with van der Waals surface area (Å²) in [6.45, 7) is 0. The summed E-state index contributed by atoms with van der Waals surface area (Å²) in [5, 5.41) is 0. The van der Waals surface area contributed by atoms with E-state index in [1.807, 2.05) is 30.3 Å². The number of rotatable bonds is 4. The quantitative estimate of drug-likeness (QED) is 0.740. The lowest BCUT2D eigenvalue weighted by atomic mass is 10.2. The summed E-state index contributed by atoms with van der Waals surface area (Å²) in [7, 11) is 1.65. The zero-order chi connectivity index (χ0) is 13.0. The number of methoxy groups -OCH3 is 1. The van der Waals surface area contributed by atoms with Crippen LogP contribution in [0.1, 0.15) is 5.56 Å². The Labute approximate surface area is 118 Å². The summed E-state index contributed by atoms with van der Waals surface area (Å²) in [6, 6.07) is 12.9. The predicted octanol–water partition coefficient (Wildman–Crippen LogP) is 4.89. The van der Waals surface area contributed by atoms with Crippen molar-refractivity contribution in [3.63, 3.8) is 0 Å². The highest BCUT2D eigenvalue weighted by Crippen LogP contribution is 2.33. The molecule has 0 aromatic heterocycles. The topological polar surface area (TPSA) is 9.23 Å². The molecule has 18 heavy (non-hydrogen) atoms. The van der Waals surface area contributed by atoms with Crippen molar-refractivity contribution in [3.05, 3.63) is 58.3 Å². The molecule has 0 amide bonds. The van der Waals surface area contributed by atoms with Gasteiger partial charge in [-0.3, -0.25) is 0 Å². The van der Waals surface area contributed by atoms with E-state index in [-0.39, 0.29) is 5.82 Å². The average Bonchev–Trinajstić information content (AvgIpc) is 2.41. The lowest BCUT2D eigenvalue weighted by Gasteiger charge is -2.08. The van der Waals surface area contributed by atoms with Crippen molar-refractivity contribution in [2.45, 2.75) is 10.6 Å². The molecule has 2 aromatic carbocycles. The van der Waals surface area contributed by atoms with Gasteiger partial charge in [0.25, 0.3) is 0 Å². The molecular weight excluding hydrogens is 315 g/mol. The maximum absolute atomic E-state index is 13.4. The van der Waals surface area contributed by atoms with E-state index >= 15 is 0 Å². The van der Waals surface area contributed by atoms with Gasteiger partial charge < -0.3 is 4.74 Å². The lowest BCUT2D eigenvalue weighted by molar-refractivity contribution is 0.405. The van der Waals surface area contributed by atoms with Gasteiger partial charge in [0.1, 0.15) is 11.6 Å². The zero-order valence-electron chi connectivity index (χ0n) is 9.82. The second-order valence-corrected chi connectivity index (χ2v) is 5.46. The molecule has 0 saturated heterocycles. The lowest BCUT2D eigenvalue weighted by Crippen LogP contribution is -1.89. The number of thioether (sulfide) groups is 1. The van der Waals surface area contributed by atoms with E-state index in [1.54, 1.807) is 24.9 Å². The van der Waals surface area contributed by atoms with Crippen LogP contribution in [0.15, 0.2) is 51.8 Å². The maximum atomic E-state index is 13.4. The molecule has 0 atom stereocenters. The van der Waals surface area contributed by atoms with Crippen molar-refractivity contribution in [2.75, 3.05) is 7.11 Å². The molecule has 2 rings (SSSR count). The summed E-state index contributed by atoms with van der Waals surface area (Å²) in [5.74, 6) is 1.31. The fourth-order valence-corrected chi connectivity index (χ4v) is 3.16. The fraction of sp³-hybridized carbons (Fsp3) is 0.143. The Morgan fingerprint density at radius 1 is 1.17 bits per heavy atom. The summed E-state index contributed by atoms with van der Waals surface area (Å²) < 4.78 is 19.2. The summed E-state index contributed by atoms with van der Waals surface area (Å²) in [5.41, 5.74) is 0.936. The van der Waals surface area contributed by atoms with Crippen LogP contribution in [0.3, 0.4) is 0 Å². The van der Waals surface area contributed by atoms with E-state index < -0.39 is 0 Å². The Morgan fingerprint density at radius 3 is 2.72 bits per heavy atom. The standard InChI is InChI=1S/C14H12BrFOS/c1-17-12-7-2-3-8-13(12)18-9-10-5-4-6-11(16)14(10)15/h2-8H,9H2,1H3. The first-order valence-electron chi connectivity index (χ1n) is 5.41. The van der Waals surface area contributed by atoms with Crippen LogP contribution in [-0.2, 0) is 5.75 Å². The molecule has 0 spiro atoms. The van der Waals surface area contributed by atoms with Crippen LogP contribution in [0, 0.1) is 5.82 Å². The highest BCUT2D eigenvalue weighted by molar-refractivity contribution is 9.10. The Bertz CT molecular complexity index is 545. The van der Waals surface area contributed by atoms with Gasteiger partial charge in [-0.2, -0.15) is 0 Å². The molecule has 0 N–H and O–H groups in total. The van der Waals surface area contributed by atoms with Gasteiger partial charge in [0, 0.05) is 10.6 Å². The molecule has 0 bridgehead atoms. The molecule has 2 aromatic rings. The third-order valence-electron chi connectivity index (χ3n) is 2.48. The highest BCUT2D eigenvalue weighted by atomic mass is 79.9. The molecule has 94 valence electrons. The zero-order valence-corrected chi connectivity index (χ0v) is 12.2. The first-order valence-corrected chi connectivity index (χ1v) is 7.19. The van der Waals surface area contributed by atoms with Crippen molar-refractivity contribution in [3.8, 4) is 5.75 Å². The van der Waals surface area contributed by atoms with Crippen molar-refractivity contribution in [1.82, 2.24) is 0 Å². The minimum Gasteiger partial charge on any atom is -0.496 e. The van der Waals surface area contributed by atoms with Crippen LogP contribution >= 0.6 is 27.7 Å². The number of hydrogen-bond donors (Lipinski definition) is 0. The molecule has 4 heteroatoms. The fourth-order valence-electron chi connectivity index (χ4n) is 1.55. The van der Waals surface area contributed by atoms with Crippen molar-refractivity contribution in [2.24, 2.45) is 0 Å². The molecule has 0 fully saturated rings. The molecule has 0 saturated carbocycles. The van der Waals surface area contributed by atoms with Crippen LogP contribution < -0.4 is 4.74 Å². The van der Waals surface area contributed by atoms with Gasteiger partial charge in [-0.05, 0) is 39.7 Å². The summed E-state index contributed by atoms with van der Waals surface area (Å²) in [6.07, 6.45) is 0. The van der Waals surface area contributed by atoms with Crippen LogP contribution in [0.5, 0.6) is 5.75 Å². The van der Waals surface area contributed by atoms with E-state index in [4.69, 9.17) is 4.74 Å². The summed E-state index contributed by atoms with van der Waals surface area (Å²) >= 11 is 4.90. The second-order valence-electron chi connectivity index (χ2n) is 3.65. The van der Waals surface area contributed by atoms with Crippen molar-refractivity contribution >= 4 is 27.7 Å². The molecule has 0 radical (unpaired) electrons. The van der Waals surface area contributed by atoms with Crippen LogP contribution in [0.25, 0.3) is 0 Å². The van der Waals surface area contributed by atoms with Gasteiger partial charge in [0.2, 0.25) is 0 Å². The predicted molar refractivity (Wildman–Crippen MR) is 76.7 cm³/mol. The number of benzene rings is 2. The Morgan fingerprint density at radius 2 is 1.94 bits per heavy atom. The van der Waals surface area contributed by atoms with Gasteiger partial charge in [-0.1, -0.05) is 24.3 Å². The minimum absolute atomic E-state index is 0.229. The maximum Gasteiger partial charge on any atom is 0.137 e. The van der Waals surface area contributed by atoms with Gasteiger partial charge in [-0.25, -0.2) is 4.39 Å². The summed E-state index contributed by atoms with van der Waals surface area (Å²) in [4.78, 5) is 1.05. The van der Waals surface area contributed by atoms with Gasteiger partial charge in [0.15, 0.2) is 0 Å². The Hall–Kier alpha value is -1.00. The normalized spacial score (nSPS) is 10.4. The Kier molecular flexibility index (Phi) is 4.66. The van der Waals surface area contributed by atoms with Crippen molar-refractivity contribution in [1.29, 1.82) is 0 Å². The molecule has 0 unspecified atom stereocenters. The van der Waals surface area contributed by atoms with Gasteiger partial charge >= 0.3 is 0 Å². The van der Waals surface area contributed by atoms with Crippen LogP contribution in [0.2, 0.25) is 0 Å². The first-order chi connectivity index (χ1) is 8.72. The largest absolute Gasteiger partial charge is 0.496 e. The molecular formula is C14H12BrFOS. The van der Waals surface area contributed by atoms with Crippen molar-refractivity contribution < 1.29 is 9.13 Å². The number of para-hydroxylation sites is 1. The van der Waals surface area contributed by atoms with E-state index in [9.17, 15) is 4.39 Å². The smallest absolute Gasteiger partial charge is 0.137 e. The molecule has 0 aliphatic rings. The Balaban J connectivity index is 2.14. The highest BCUT2D eigenvalue weighted by Gasteiger charge is 2.07. The molecule has 0 heterocycles. The van der Waals surface area contributed by atoms with Crippen LogP contribution in [0.4, 0.5) is 4.39 Å². The van der Waals surface area contributed by atoms with E-state index in [1.165, 1.54) is 6.07 Å². The SMILES string of the molecule is COc1ccccc1SCc1cccc(F)c1Br. The molecule has 0 aliphatic heterocycles. The third kappa shape index (κ3) is 3.06. The van der Waals surface area contributed by atoms with Gasteiger partial charge in [-0.15, -0.1) is 11.8 Å². The second kappa shape index (κ2) is 6.25. The molecule has 0 aliphatic carbocycles. The monoisotopic (exact) mass is 326 g/mol. The number of ether oxygens (including phenoxy) is 1. The van der Waals surface area contributed by atoms with Gasteiger partial charge in [0.05, 0.1) is 11.6 Å².